The SMILES string of the molecule is Cc1ccc(I)c(C(N)=O)c1F. The lowest BCUT2D eigenvalue weighted by molar-refractivity contribution is 0.0995. The quantitative estimate of drug-likeness (QED) is 0.783. The number of benzene rings is 1. The molecule has 0 saturated heterocycles. The van der Waals surface area contributed by atoms with Crippen LogP contribution in [0.1, 0.15) is 15.9 Å². The van der Waals surface area contributed by atoms with E-state index in [0.717, 1.165) is 0 Å². The Morgan fingerprint density at radius 1 is 1.58 bits per heavy atom. The highest BCUT2D eigenvalue weighted by Gasteiger charge is 2.13. The van der Waals surface area contributed by atoms with Crippen LogP contribution < -0.4 is 5.73 Å². The average Bonchev–Trinajstić information content (AvgIpc) is 1.97. The second-order valence-corrected chi connectivity index (χ2v) is 3.58. The van der Waals surface area contributed by atoms with Gasteiger partial charge in [0.2, 0.25) is 0 Å². The molecule has 0 atom stereocenters. The zero-order valence-corrected chi connectivity index (χ0v) is 8.55. The van der Waals surface area contributed by atoms with Crippen molar-refractivity contribution in [1.82, 2.24) is 0 Å². The number of aryl methyl sites for hydroxylation is 1. The van der Waals surface area contributed by atoms with E-state index in [9.17, 15) is 9.18 Å². The molecule has 0 aliphatic carbocycles. The molecule has 1 aromatic rings. The minimum atomic E-state index is -0.722. The molecule has 64 valence electrons. The number of carbonyl (C=O) groups is 1. The van der Waals surface area contributed by atoms with Crippen LogP contribution in [0.15, 0.2) is 12.1 Å². The van der Waals surface area contributed by atoms with E-state index in [1.54, 1.807) is 19.1 Å². The number of amides is 1. The van der Waals surface area contributed by atoms with Crippen LogP contribution in [0.2, 0.25) is 0 Å². The minimum absolute atomic E-state index is 0.0180. The van der Waals surface area contributed by atoms with Crippen molar-refractivity contribution in [3.05, 3.63) is 32.6 Å². The molecular formula is C8H7FINO. The summed E-state index contributed by atoms with van der Waals surface area (Å²) < 4.78 is 13.8. The van der Waals surface area contributed by atoms with E-state index in [1.165, 1.54) is 0 Å². The van der Waals surface area contributed by atoms with Gasteiger partial charge in [-0.3, -0.25) is 4.79 Å². The maximum atomic E-state index is 13.2. The number of hydrogen-bond acceptors (Lipinski definition) is 1. The highest BCUT2D eigenvalue weighted by molar-refractivity contribution is 14.1. The summed E-state index contributed by atoms with van der Waals surface area (Å²) in [6, 6.07) is 3.28. The Hall–Kier alpha value is -0.650. The molecule has 1 rings (SSSR count). The first-order chi connectivity index (χ1) is 5.54. The van der Waals surface area contributed by atoms with Gasteiger partial charge in [0.15, 0.2) is 0 Å². The number of rotatable bonds is 1. The summed E-state index contributed by atoms with van der Waals surface area (Å²) >= 11 is 1.88. The van der Waals surface area contributed by atoms with Crippen molar-refractivity contribution < 1.29 is 9.18 Å². The highest BCUT2D eigenvalue weighted by atomic mass is 127. The fraction of sp³-hybridized carbons (Fsp3) is 0.125. The Labute approximate surface area is 83.1 Å². The van der Waals surface area contributed by atoms with Crippen molar-refractivity contribution >= 4 is 28.5 Å². The minimum Gasteiger partial charge on any atom is -0.365 e. The smallest absolute Gasteiger partial charge is 0.252 e. The second-order valence-electron chi connectivity index (χ2n) is 2.42. The van der Waals surface area contributed by atoms with Gasteiger partial charge >= 0.3 is 0 Å². The van der Waals surface area contributed by atoms with Crippen molar-refractivity contribution in [2.24, 2.45) is 5.73 Å². The first-order valence-corrected chi connectivity index (χ1v) is 4.36. The molecule has 0 aliphatic heterocycles. The Morgan fingerprint density at radius 3 is 2.58 bits per heavy atom. The molecule has 1 aromatic carbocycles. The van der Waals surface area contributed by atoms with E-state index in [-0.39, 0.29) is 5.56 Å². The summed E-state index contributed by atoms with van der Waals surface area (Å²) in [6.07, 6.45) is 0. The van der Waals surface area contributed by atoms with Gasteiger partial charge in [-0.25, -0.2) is 4.39 Å². The van der Waals surface area contributed by atoms with Crippen LogP contribution in [0.25, 0.3) is 0 Å². The van der Waals surface area contributed by atoms with Crippen molar-refractivity contribution in [2.45, 2.75) is 6.92 Å². The van der Waals surface area contributed by atoms with Gasteiger partial charge in [0.1, 0.15) is 5.82 Å². The van der Waals surface area contributed by atoms with Crippen LogP contribution in [0.3, 0.4) is 0 Å². The zero-order valence-electron chi connectivity index (χ0n) is 6.40. The zero-order chi connectivity index (χ0) is 9.30. The molecule has 0 aliphatic rings. The van der Waals surface area contributed by atoms with Crippen molar-refractivity contribution in [3.63, 3.8) is 0 Å². The van der Waals surface area contributed by atoms with Crippen LogP contribution in [0.5, 0.6) is 0 Å². The van der Waals surface area contributed by atoms with Crippen LogP contribution in [-0.2, 0) is 0 Å². The van der Waals surface area contributed by atoms with E-state index in [1.807, 2.05) is 22.6 Å². The summed E-state index contributed by atoms with van der Waals surface area (Å²) in [5.41, 5.74) is 5.42. The molecule has 0 radical (unpaired) electrons. The predicted molar refractivity (Wildman–Crippen MR) is 52.4 cm³/mol. The summed E-state index contributed by atoms with van der Waals surface area (Å²) in [5.74, 6) is -1.24. The highest BCUT2D eigenvalue weighted by Crippen LogP contribution is 2.18. The third kappa shape index (κ3) is 1.57. The molecule has 0 spiro atoms. The third-order valence-electron chi connectivity index (χ3n) is 1.53. The first-order valence-electron chi connectivity index (χ1n) is 3.28. The molecule has 0 saturated carbocycles. The maximum Gasteiger partial charge on any atom is 0.252 e. The van der Waals surface area contributed by atoms with E-state index in [4.69, 9.17) is 5.73 Å². The van der Waals surface area contributed by atoms with Gasteiger partial charge in [0.25, 0.3) is 5.91 Å². The normalized spacial score (nSPS) is 9.92. The largest absolute Gasteiger partial charge is 0.365 e. The van der Waals surface area contributed by atoms with Gasteiger partial charge in [-0.2, -0.15) is 0 Å². The Bertz CT molecular complexity index is 338. The fourth-order valence-electron chi connectivity index (χ4n) is 0.883. The van der Waals surface area contributed by atoms with Crippen LogP contribution in [0, 0.1) is 16.3 Å². The standard InChI is InChI=1S/C8H7FINO/c1-4-2-3-5(10)6(7(4)9)8(11)12/h2-3H,1H3,(H2,11,12). The predicted octanol–water partition coefficient (Wildman–Crippen LogP) is 1.84. The molecule has 2 N–H and O–H groups in total. The number of primary amides is 1. The molecule has 0 bridgehead atoms. The Morgan fingerprint density at radius 2 is 2.17 bits per heavy atom. The van der Waals surface area contributed by atoms with Gasteiger partial charge < -0.3 is 5.73 Å². The molecule has 0 heterocycles. The summed E-state index contributed by atoms with van der Waals surface area (Å²) in [6.45, 7) is 1.60. The van der Waals surface area contributed by atoms with E-state index < -0.39 is 11.7 Å². The summed E-state index contributed by atoms with van der Waals surface area (Å²) in [4.78, 5) is 10.8. The van der Waals surface area contributed by atoms with Crippen LogP contribution >= 0.6 is 22.6 Å². The number of halogens is 2. The topological polar surface area (TPSA) is 43.1 Å². The van der Waals surface area contributed by atoms with Crippen molar-refractivity contribution in [1.29, 1.82) is 0 Å². The number of carbonyl (C=O) groups excluding carboxylic acids is 1. The molecular weight excluding hydrogens is 272 g/mol. The third-order valence-corrected chi connectivity index (χ3v) is 2.43. The molecule has 4 heteroatoms. The molecule has 0 fully saturated rings. The molecule has 12 heavy (non-hydrogen) atoms. The Balaban J connectivity index is 3.43. The van der Waals surface area contributed by atoms with E-state index >= 15 is 0 Å². The summed E-state index contributed by atoms with van der Waals surface area (Å²) in [5, 5.41) is 0. The summed E-state index contributed by atoms with van der Waals surface area (Å²) in [7, 11) is 0. The first kappa shape index (κ1) is 9.44. The molecule has 2 nitrogen and oxygen atoms in total. The van der Waals surface area contributed by atoms with Crippen molar-refractivity contribution in [2.75, 3.05) is 0 Å². The van der Waals surface area contributed by atoms with E-state index in [2.05, 4.69) is 0 Å². The van der Waals surface area contributed by atoms with Gasteiger partial charge in [-0.1, -0.05) is 6.07 Å². The monoisotopic (exact) mass is 279 g/mol. The number of hydrogen-bond donors (Lipinski definition) is 1. The lowest BCUT2D eigenvalue weighted by atomic mass is 10.1. The van der Waals surface area contributed by atoms with Gasteiger partial charge in [-0.15, -0.1) is 0 Å². The van der Waals surface area contributed by atoms with E-state index in [0.29, 0.717) is 9.13 Å². The fourth-order valence-corrected chi connectivity index (χ4v) is 1.56. The van der Waals surface area contributed by atoms with Crippen LogP contribution in [-0.4, -0.2) is 5.91 Å². The lowest BCUT2D eigenvalue weighted by Gasteiger charge is -2.03. The van der Waals surface area contributed by atoms with Crippen molar-refractivity contribution in [3.8, 4) is 0 Å². The Kier molecular flexibility index (Phi) is 2.66. The average molecular weight is 279 g/mol. The van der Waals surface area contributed by atoms with Gasteiger partial charge in [-0.05, 0) is 41.1 Å². The second kappa shape index (κ2) is 3.38. The molecule has 0 aromatic heterocycles. The molecule has 1 amide bonds. The van der Waals surface area contributed by atoms with Gasteiger partial charge in [0, 0.05) is 3.57 Å². The number of nitrogens with two attached hydrogens (primary N) is 1. The maximum absolute atomic E-state index is 13.2. The van der Waals surface area contributed by atoms with Crippen LogP contribution in [0.4, 0.5) is 4.39 Å². The molecule has 0 unspecified atom stereocenters. The van der Waals surface area contributed by atoms with Gasteiger partial charge in [0.05, 0.1) is 5.56 Å². The lowest BCUT2D eigenvalue weighted by Crippen LogP contribution is -2.15.